The van der Waals surface area contributed by atoms with Gasteiger partial charge in [-0.1, -0.05) is 42.5 Å². The van der Waals surface area contributed by atoms with Gasteiger partial charge in [-0.05, 0) is 36.6 Å². The fourth-order valence-electron chi connectivity index (χ4n) is 3.86. The van der Waals surface area contributed by atoms with E-state index in [1.807, 2.05) is 24.3 Å². The smallest absolute Gasteiger partial charge is 0.481 e. The van der Waals surface area contributed by atoms with Crippen LogP contribution < -0.4 is 0 Å². The number of nitrogens with zero attached hydrogens (tertiary/aromatic N) is 1. The van der Waals surface area contributed by atoms with Gasteiger partial charge in [0.2, 0.25) is 0 Å². The summed E-state index contributed by atoms with van der Waals surface area (Å²) in [4.78, 5) is 15.6. The van der Waals surface area contributed by atoms with Crippen molar-refractivity contribution in [2.45, 2.75) is 43.8 Å². The summed E-state index contributed by atoms with van der Waals surface area (Å²) in [5.74, 6) is -1.10. The zero-order valence-corrected chi connectivity index (χ0v) is 19.8. The summed E-state index contributed by atoms with van der Waals surface area (Å²) in [5, 5.41) is 29.9. The summed E-state index contributed by atoms with van der Waals surface area (Å²) < 4.78 is 13.6. The second kappa shape index (κ2) is 10.9. The van der Waals surface area contributed by atoms with Gasteiger partial charge in [-0.15, -0.1) is 0 Å². The molecule has 0 saturated heterocycles. The third-order valence-electron chi connectivity index (χ3n) is 5.47. The van der Waals surface area contributed by atoms with Gasteiger partial charge >= 0.3 is 43.7 Å². The maximum absolute atomic E-state index is 13.6. The van der Waals surface area contributed by atoms with Crippen LogP contribution in [0.3, 0.4) is 0 Å². The Kier molecular flexibility index (Phi) is 8.42. The number of aliphatic hydroxyl groups excluding tert-OH is 2. The molecule has 1 aliphatic carbocycles. The number of rotatable bonds is 8. The summed E-state index contributed by atoms with van der Waals surface area (Å²) in [5.41, 5.74) is 4.43. The molecule has 0 amide bonds. The molecule has 0 aliphatic heterocycles. The van der Waals surface area contributed by atoms with Crippen LogP contribution in [0.5, 0.6) is 0 Å². The molecular weight excluding hydrogens is 437 g/mol. The van der Waals surface area contributed by atoms with Crippen molar-refractivity contribution in [1.29, 1.82) is 0 Å². The van der Waals surface area contributed by atoms with Crippen molar-refractivity contribution in [3.05, 3.63) is 71.7 Å². The second-order valence-electron chi connectivity index (χ2n) is 8.00. The Hall–Kier alpha value is -1.83. The van der Waals surface area contributed by atoms with E-state index < -0.39 is 24.6 Å². The molecule has 3 N–H and O–H groups in total. The van der Waals surface area contributed by atoms with Crippen molar-refractivity contribution >= 4 is 60.7 Å². The summed E-state index contributed by atoms with van der Waals surface area (Å²) in [7, 11) is 0. The molecule has 1 aromatic heterocycles. The van der Waals surface area contributed by atoms with E-state index in [1.165, 1.54) is 12.1 Å². The summed E-state index contributed by atoms with van der Waals surface area (Å²) in [6, 6.07) is 14.1. The Labute approximate surface area is 215 Å². The first-order valence-electron chi connectivity index (χ1n) is 10.4. The Morgan fingerprint density at radius 3 is 2.47 bits per heavy atom. The van der Waals surface area contributed by atoms with Crippen LogP contribution in [0.25, 0.3) is 28.1 Å². The fraction of sp³-hybridized carbons (Fsp3) is 0.280. The molecule has 1 saturated carbocycles. The second-order valence-corrected chi connectivity index (χ2v) is 8.00. The molecule has 0 spiro atoms. The Bertz CT molecular complexity index is 1130. The van der Waals surface area contributed by atoms with Gasteiger partial charge in [-0.3, -0.25) is 9.78 Å². The fourth-order valence-corrected chi connectivity index (χ4v) is 3.86. The molecule has 0 unspecified atom stereocenters. The van der Waals surface area contributed by atoms with Crippen LogP contribution in [0.4, 0.5) is 4.39 Å². The van der Waals surface area contributed by atoms with E-state index in [0.717, 1.165) is 46.1 Å². The molecule has 0 radical (unpaired) electrons. The zero-order chi connectivity index (χ0) is 22.0. The van der Waals surface area contributed by atoms with Crippen LogP contribution in [-0.4, -0.2) is 76.2 Å². The Morgan fingerprint density at radius 1 is 1.12 bits per heavy atom. The monoisotopic (exact) mass is 461 g/mol. The van der Waals surface area contributed by atoms with Crippen LogP contribution in [0, 0.1) is 5.82 Å². The number of carboxylic acids is 1. The van der Waals surface area contributed by atoms with Gasteiger partial charge in [0.1, 0.15) is 5.82 Å². The predicted molar refractivity (Wildman–Crippen MR) is 123 cm³/mol. The molecule has 5 nitrogen and oxygen atoms in total. The molecule has 1 heterocycles. The van der Waals surface area contributed by atoms with Gasteiger partial charge in [0, 0.05) is 28.9 Å². The average Bonchev–Trinajstić information content (AvgIpc) is 3.56. The summed E-state index contributed by atoms with van der Waals surface area (Å²) in [6.07, 6.45) is 2.80. The normalized spacial score (nSPS) is 15.5. The van der Waals surface area contributed by atoms with E-state index in [9.17, 15) is 19.4 Å². The SMILES string of the molecule is O=C(O)C[C@H](O)C[C@H](O)C=Cc1c(C2CC2)nc2ccccc2c1-c1ccc(F)cc1.[Ca+2]. The summed E-state index contributed by atoms with van der Waals surface area (Å²) in [6.45, 7) is 0. The van der Waals surface area contributed by atoms with Crippen LogP contribution in [0.2, 0.25) is 0 Å². The molecule has 1 aliphatic rings. The topological polar surface area (TPSA) is 90.7 Å². The van der Waals surface area contributed by atoms with Crippen molar-refractivity contribution in [2.75, 3.05) is 0 Å². The van der Waals surface area contributed by atoms with Gasteiger partial charge < -0.3 is 15.3 Å². The molecule has 32 heavy (non-hydrogen) atoms. The molecular formula is C25H24CaFNO4+2. The van der Waals surface area contributed by atoms with Gasteiger partial charge in [-0.25, -0.2) is 4.39 Å². The van der Waals surface area contributed by atoms with E-state index in [2.05, 4.69) is 0 Å². The molecule has 160 valence electrons. The molecule has 7 heteroatoms. The molecule has 0 bridgehead atoms. The third-order valence-corrected chi connectivity index (χ3v) is 5.47. The van der Waals surface area contributed by atoms with Crippen molar-refractivity contribution < 1.29 is 24.5 Å². The molecule has 2 atom stereocenters. The quantitative estimate of drug-likeness (QED) is 0.439. The number of halogens is 1. The van der Waals surface area contributed by atoms with Crippen molar-refractivity contribution in [3.63, 3.8) is 0 Å². The van der Waals surface area contributed by atoms with E-state index in [-0.39, 0.29) is 50.0 Å². The van der Waals surface area contributed by atoms with Gasteiger partial charge in [0.25, 0.3) is 0 Å². The number of benzene rings is 2. The van der Waals surface area contributed by atoms with Crippen LogP contribution in [-0.2, 0) is 4.79 Å². The first kappa shape index (κ1) is 24.8. The maximum Gasteiger partial charge on any atom is 2.00 e. The first-order valence-corrected chi connectivity index (χ1v) is 10.4. The Morgan fingerprint density at radius 2 is 1.81 bits per heavy atom. The van der Waals surface area contributed by atoms with E-state index in [4.69, 9.17) is 10.1 Å². The molecule has 2 aromatic carbocycles. The number of aliphatic carboxylic acids is 1. The van der Waals surface area contributed by atoms with Crippen molar-refractivity contribution in [1.82, 2.24) is 4.98 Å². The maximum atomic E-state index is 13.6. The zero-order valence-electron chi connectivity index (χ0n) is 17.6. The number of aromatic nitrogens is 1. The van der Waals surface area contributed by atoms with Crippen LogP contribution in [0.15, 0.2) is 54.6 Å². The van der Waals surface area contributed by atoms with Gasteiger partial charge in [0.05, 0.1) is 29.8 Å². The minimum absolute atomic E-state index is 0. The largest absolute Gasteiger partial charge is 2.00 e. The number of aliphatic hydroxyl groups is 2. The van der Waals surface area contributed by atoms with Gasteiger partial charge in [0.15, 0.2) is 0 Å². The van der Waals surface area contributed by atoms with Crippen LogP contribution >= 0.6 is 0 Å². The molecule has 4 rings (SSSR count). The minimum Gasteiger partial charge on any atom is -0.481 e. The van der Waals surface area contributed by atoms with Crippen molar-refractivity contribution in [2.24, 2.45) is 0 Å². The number of hydrogen-bond acceptors (Lipinski definition) is 4. The minimum atomic E-state index is -1.13. The van der Waals surface area contributed by atoms with Crippen molar-refractivity contribution in [3.8, 4) is 11.1 Å². The van der Waals surface area contributed by atoms with Crippen LogP contribution in [0.1, 0.15) is 42.9 Å². The van der Waals surface area contributed by atoms with E-state index >= 15 is 0 Å². The third kappa shape index (κ3) is 5.94. The number of hydrogen-bond donors (Lipinski definition) is 3. The Balaban J connectivity index is 0.00000289. The average molecular weight is 462 g/mol. The van der Waals surface area contributed by atoms with E-state index in [0.29, 0.717) is 5.92 Å². The first-order chi connectivity index (χ1) is 14.9. The number of pyridine rings is 1. The number of carboxylic acid groups (broad SMARTS) is 1. The van der Waals surface area contributed by atoms with E-state index in [1.54, 1.807) is 24.3 Å². The number of para-hydroxylation sites is 1. The molecule has 1 fully saturated rings. The van der Waals surface area contributed by atoms with Gasteiger partial charge in [-0.2, -0.15) is 0 Å². The summed E-state index contributed by atoms with van der Waals surface area (Å²) >= 11 is 0. The number of carbonyl (C=O) groups is 1. The molecule has 3 aromatic rings. The predicted octanol–water partition coefficient (Wildman–Crippen LogP) is 4.14. The standard InChI is InChI=1S/C25H24FNO4.Ca/c26-17-9-7-15(8-10-17)24-20-3-1-2-4-22(20)27-25(16-5-6-16)21(24)12-11-18(28)13-19(29)14-23(30)31;/h1-4,7-12,16,18-19,28-29H,5-6,13-14H2,(H,30,31);/q;+2/t18-,19-;/m1./s1. The number of fused-ring (bicyclic) bond motifs is 1.